The van der Waals surface area contributed by atoms with E-state index in [4.69, 9.17) is 0 Å². The van der Waals surface area contributed by atoms with E-state index in [9.17, 15) is 17.6 Å². The van der Waals surface area contributed by atoms with Crippen molar-refractivity contribution in [2.24, 2.45) is 0 Å². The van der Waals surface area contributed by atoms with Crippen molar-refractivity contribution in [2.75, 3.05) is 6.54 Å². The molecule has 0 aliphatic carbocycles. The van der Waals surface area contributed by atoms with Gasteiger partial charge in [-0.2, -0.15) is 4.31 Å². The summed E-state index contributed by atoms with van der Waals surface area (Å²) in [6.07, 6.45) is 0.478. The van der Waals surface area contributed by atoms with Gasteiger partial charge in [0.05, 0.1) is 10.4 Å². The first-order chi connectivity index (χ1) is 16.1. The zero-order chi connectivity index (χ0) is 24.5. The molecular weight excluding hydrogens is 451 g/mol. The second-order valence-electron chi connectivity index (χ2n) is 8.70. The Morgan fingerprint density at radius 3 is 2.35 bits per heavy atom. The van der Waals surface area contributed by atoms with Gasteiger partial charge in [-0.25, -0.2) is 12.8 Å². The van der Waals surface area contributed by atoms with Gasteiger partial charge in [-0.1, -0.05) is 41.5 Å². The summed E-state index contributed by atoms with van der Waals surface area (Å²) in [5.41, 5.74) is 4.86. The zero-order valence-corrected chi connectivity index (χ0v) is 20.2. The summed E-state index contributed by atoms with van der Waals surface area (Å²) in [5.74, 6) is -0.512. The van der Waals surface area contributed by atoms with Gasteiger partial charge < -0.3 is 4.98 Å². The number of pyridine rings is 1. The molecule has 0 radical (unpaired) electrons. The van der Waals surface area contributed by atoms with Crippen molar-refractivity contribution in [3.63, 3.8) is 0 Å². The molecule has 0 amide bonds. The van der Waals surface area contributed by atoms with Crippen molar-refractivity contribution in [3.05, 3.63) is 111 Å². The van der Waals surface area contributed by atoms with Gasteiger partial charge in [-0.3, -0.25) is 4.79 Å². The molecule has 0 atom stereocenters. The summed E-state index contributed by atoms with van der Waals surface area (Å²) in [7, 11) is -3.97. The molecule has 0 aliphatic heterocycles. The average molecular weight is 479 g/mol. The number of fused-ring (bicyclic) bond motifs is 1. The topological polar surface area (TPSA) is 70.2 Å². The molecule has 34 heavy (non-hydrogen) atoms. The lowest BCUT2D eigenvalue weighted by molar-refractivity contribution is 0.408. The van der Waals surface area contributed by atoms with Crippen LogP contribution in [0.5, 0.6) is 0 Å². The molecule has 0 bridgehead atoms. The van der Waals surface area contributed by atoms with Crippen LogP contribution in [0, 0.1) is 26.6 Å². The summed E-state index contributed by atoms with van der Waals surface area (Å²) in [4.78, 5) is 15.8. The molecule has 4 aromatic rings. The summed E-state index contributed by atoms with van der Waals surface area (Å²) < 4.78 is 41.8. The number of nitrogens with one attached hydrogen (secondary N) is 1. The first-order valence-corrected chi connectivity index (χ1v) is 12.5. The van der Waals surface area contributed by atoms with Crippen LogP contribution in [-0.2, 0) is 23.0 Å². The minimum absolute atomic E-state index is 0.0120. The van der Waals surface area contributed by atoms with Crippen molar-refractivity contribution < 1.29 is 12.8 Å². The highest BCUT2D eigenvalue weighted by molar-refractivity contribution is 7.89. The van der Waals surface area contributed by atoms with Crippen molar-refractivity contribution in [1.82, 2.24) is 9.29 Å². The van der Waals surface area contributed by atoms with E-state index in [1.807, 2.05) is 57.2 Å². The fourth-order valence-electron chi connectivity index (χ4n) is 4.20. The zero-order valence-electron chi connectivity index (χ0n) is 19.4. The Kier molecular flexibility index (Phi) is 6.68. The van der Waals surface area contributed by atoms with Gasteiger partial charge in [-0.05, 0) is 80.1 Å². The maximum atomic E-state index is 13.5. The van der Waals surface area contributed by atoms with Gasteiger partial charge in [0, 0.05) is 18.7 Å². The monoisotopic (exact) mass is 478 g/mol. The summed E-state index contributed by atoms with van der Waals surface area (Å²) in [6, 6.07) is 18.3. The van der Waals surface area contributed by atoms with Crippen LogP contribution in [0.3, 0.4) is 0 Å². The van der Waals surface area contributed by atoms with Crippen LogP contribution in [0.1, 0.15) is 27.8 Å². The number of aromatic nitrogens is 1. The first-order valence-electron chi connectivity index (χ1n) is 11.1. The predicted molar refractivity (Wildman–Crippen MR) is 133 cm³/mol. The Bertz CT molecular complexity index is 1510. The minimum Gasteiger partial charge on any atom is -0.321 e. The Morgan fingerprint density at radius 1 is 0.912 bits per heavy atom. The number of halogens is 1. The fraction of sp³-hybridized carbons (Fsp3) is 0.222. The Hall–Kier alpha value is -3.29. The van der Waals surface area contributed by atoms with Crippen molar-refractivity contribution >= 4 is 20.9 Å². The summed E-state index contributed by atoms with van der Waals surface area (Å²) >= 11 is 0. The number of H-pyrrole nitrogens is 1. The molecule has 1 N–H and O–H groups in total. The molecule has 4 rings (SSSR count). The number of aromatic amines is 1. The number of rotatable bonds is 7. The van der Waals surface area contributed by atoms with Gasteiger partial charge in [0.2, 0.25) is 10.0 Å². The van der Waals surface area contributed by atoms with Crippen LogP contribution >= 0.6 is 0 Å². The molecule has 0 fully saturated rings. The van der Waals surface area contributed by atoms with Crippen LogP contribution < -0.4 is 5.56 Å². The second-order valence-corrected chi connectivity index (χ2v) is 10.6. The average Bonchev–Trinajstić information content (AvgIpc) is 2.77. The lowest BCUT2D eigenvalue weighted by Gasteiger charge is -2.22. The van der Waals surface area contributed by atoms with Crippen molar-refractivity contribution in [2.45, 2.75) is 38.6 Å². The minimum atomic E-state index is -3.97. The standard InChI is InChI=1S/C27H27FN2O3S/c1-18-5-4-6-21(14-18)11-12-30(34(32,33)25-9-7-24(28)8-10-25)17-23-16-22-15-19(2)13-20(3)26(22)29-27(23)31/h4-10,13-16H,11-12,17H2,1-3H3,(H,29,31). The van der Waals surface area contributed by atoms with E-state index in [2.05, 4.69) is 4.98 Å². The molecule has 0 aliphatic rings. The lowest BCUT2D eigenvalue weighted by atomic mass is 10.1. The molecule has 7 heteroatoms. The Balaban J connectivity index is 1.73. The molecular formula is C27H27FN2O3S. The molecule has 0 saturated heterocycles. The van der Waals surface area contributed by atoms with E-state index in [-0.39, 0.29) is 23.5 Å². The third kappa shape index (κ3) is 5.11. The number of hydrogen-bond donors (Lipinski definition) is 1. The smallest absolute Gasteiger partial charge is 0.252 e. The van der Waals surface area contributed by atoms with Crippen LogP contribution in [0.2, 0.25) is 0 Å². The van der Waals surface area contributed by atoms with Crippen LogP contribution in [0.15, 0.2) is 76.4 Å². The van der Waals surface area contributed by atoms with Crippen LogP contribution in [0.4, 0.5) is 4.39 Å². The third-order valence-corrected chi connectivity index (χ3v) is 7.76. The highest BCUT2D eigenvalue weighted by Crippen LogP contribution is 2.22. The van der Waals surface area contributed by atoms with E-state index in [1.54, 1.807) is 6.07 Å². The van der Waals surface area contributed by atoms with Gasteiger partial charge >= 0.3 is 0 Å². The maximum absolute atomic E-state index is 13.5. The lowest BCUT2D eigenvalue weighted by Crippen LogP contribution is -2.34. The summed E-state index contributed by atoms with van der Waals surface area (Å²) in [5, 5.41) is 0.852. The van der Waals surface area contributed by atoms with Gasteiger partial charge in [0.25, 0.3) is 5.56 Å². The summed E-state index contributed by atoms with van der Waals surface area (Å²) in [6.45, 7) is 5.97. The fourth-order valence-corrected chi connectivity index (χ4v) is 5.62. The van der Waals surface area contributed by atoms with Gasteiger partial charge in [0.15, 0.2) is 0 Å². The highest BCUT2D eigenvalue weighted by Gasteiger charge is 2.26. The number of hydrogen-bond acceptors (Lipinski definition) is 3. The van der Waals surface area contributed by atoms with Crippen molar-refractivity contribution in [1.29, 1.82) is 0 Å². The van der Waals surface area contributed by atoms with Crippen molar-refractivity contribution in [3.8, 4) is 0 Å². The molecule has 1 heterocycles. The SMILES string of the molecule is Cc1cccc(CCN(Cc2cc3cc(C)cc(C)c3[nH]c2=O)S(=O)(=O)c2ccc(F)cc2)c1. The van der Waals surface area contributed by atoms with Crippen LogP contribution in [-0.4, -0.2) is 24.3 Å². The quantitative estimate of drug-likeness (QED) is 0.405. The third-order valence-electron chi connectivity index (χ3n) is 5.90. The Morgan fingerprint density at radius 2 is 1.65 bits per heavy atom. The maximum Gasteiger partial charge on any atom is 0.252 e. The molecule has 0 saturated carbocycles. The predicted octanol–water partition coefficient (Wildman–Crippen LogP) is 5.03. The molecule has 0 unspecified atom stereocenters. The molecule has 176 valence electrons. The number of nitrogens with zero attached hydrogens (tertiary/aromatic N) is 1. The molecule has 3 aromatic carbocycles. The second kappa shape index (κ2) is 9.52. The van der Waals surface area contributed by atoms with Gasteiger partial charge in [-0.15, -0.1) is 0 Å². The van der Waals surface area contributed by atoms with E-state index >= 15 is 0 Å². The van der Waals surface area contributed by atoms with E-state index < -0.39 is 15.8 Å². The van der Waals surface area contributed by atoms with Gasteiger partial charge in [0.1, 0.15) is 5.82 Å². The number of sulfonamides is 1. The normalized spacial score (nSPS) is 11.9. The molecule has 5 nitrogen and oxygen atoms in total. The largest absolute Gasteiger partial charge is 0.321 e. The molecule has 0 spiro atoms. The van der Waals surface area contributed by atoms with E-state index in [0.717, 1.165) is 45.3 Å². The molecule has 1 aromatic heterocycles. The number of benzene rings is 3. The highest BCUT2D eigenvalue weighted by atomic mass is 32.2. The Labute approximate surface area is 198 Å². The number of aryl methyl sites for hydroxylation is 3. The van der Waals surface area contributed by atoms with Crippen LogP contribution in [0.25, 0.3) is 10.9 Å². The van der Waals surface area contributed by atoms with E-state index in [1.165, 1.54) is 16.4 Å². The van der Waals surface area contributed by atoms with E-state index in [0.29, 0.717) is 12.0 Å². The first kappa shape index (κ1) is 23.9.